The van der Waals surface area contributed by atoms with E-state index in [1.165, 1.54) is 6.07 Å². The van der Waals surface area contributed by atoms with Crippen LogP contribution in [0.15, 0.2) is 52.6 Å². The van der Waals surface area contributed by atoms with Crippen molar-refractivity contribution in [3.63, 3.8) is 0 Å². The molecule has 96 valence electrons. The third kappa shape index (κ3) is 2.20. The first kappa shape index (κ1) is 12.1. The van der Waals surface area contributed by atoms with Gasteiger partial charge in [0, 0.05) is 6.20 Å². The molecule has 2 aromatic heterocycles. The molecule has 0 saturated carbocycles. The van der Waals surface area contributed by atoms with Crippen LogP contribution in [0.25, 0.3) is 5.65 Å². The molecule has 0 amide bonds. The molecule has 1 N–H and O–H groups in total. The van der Waals surface area contributed by atoms with Gasteiger partial charge in [-0.1, -0.05) is 18.2 Å². The van der Waals surface area contributed by atoms with Crippen molar-refractivity contribution in [2.75, 3.05) is 0 Å². The number of aromatic nitrogens is 3. The molecule has 0 spiro atoms. The summed E-state index contributed by atoms with van der Waals surface area (Å²) in [5.74, 6) is -0.371. The molecule has 0 aliphatic carbocycles. The van der Waals surface area contributed by atoms with Crippen LogP contribution in [0.1, 0.15) is 5.56 Å². The van der Waals surface area contributed by atoms with Crippen molar-refractivity contribution in [1.82, 2.24) is 14.6 Å². The fourth-order valence-corrected chi connectivity index (χ4v) is 2.72. The summed E-state index contributed by atoms with van der Waals surface area (Å²) in [7, 11) is 0. The number of aliphatic hydroxyl groups is 1. The summed E-state index contributed by atoms with van der Waals surface area (Å²) in [5, 5.41) is 17.9. The summed E-state index contributed by atoms with van der Waals surface area (Å²) in [4.78, 5) is 0.378. The molecule has 0 atom stereocenters. The molecular formula is C13H10FN3OS. The maximum atomic E-state index is 13.8. The molecule has 19 heavy (non-hydrogen) atoms. The maximum absolute atomic E-state index is 13.8. The lowest BCUT2D eigenvalue weighted by molar-refractivity contribution is 0.277. The lowest BCUT2D eigenvalue weighted by Gasteiger charge is -2.06. The minimum Gasteiger partial charge on any atom is -0.392 e. The zero-order valence-electron chi connectivity index (χ0n) is 9.82. The number of aliphatic hydroxyl groups excluding tert-OH is 1. The van der Waals surface area contributed by atoms with Crippen molar-refractivity contribution in [3.8, 4) is 0 Å². The van der Waals surface area contributed by atoms with E-state index in [-0.39, 0.29) is 12.4 Å². The smallest absolute Gasteiger partial charge is 0.200 e. The Morgan fingerprint density at radius 2 is 2.05 bits per heavy atom. The molecule has 6 heteroatoms. The molecule has 3 aromatic rings. The summed E-state index contributed by atoms with van der Waals surface area (Å²) in [6.07, 6.45) is 1.82. The van der Waals surface area contributed by atoms with Crippen LogP contribution in [0.5, 0.6) is 0 Å². The molecule has 0 aliphatic heterocycles. The van der Waals surface area contributed by atoms with Crippen LogP contribution >= 0.6 is 11.8 Å². The average molecular weight is 275 g/mol. The molecular weight excluding hydrogens is 265 g/mol. The van der Waals surface area contributed by atoms with Gasteiger partial charge in [-0.05, 0) is 35.5 Å². The van der Waals surface area contributed by atoms with Gasteiger partial charge in [0.1, 0.15) is 5.82 Å². The van der Waals surface area contributed by atoms with E-state index < -0.39 is 0 Å². The van der Waals surface area contributed by atoms with Gasteiger partial charge >= 0.3 is 0 Å². The highest BCUT2D eigenvalue weighted by molar-refractivity contribution is 7.99. The molecule has 4 nitrogen and oxygen atoms in total. The monoisotopic (exact) mass is 275 g/mol. The number of hydrogen-bond acceptors (Lipinski definition) is 4. The highest BCUT2D eigenvalue weighted by Gasteiger charge is 2.13. The Hall–Kier alpha value is -1.92. The summed E-state index contributed by atoms with van der Waals surface area (Å²) < 4.78 is 15.6. The quantitative estimate of drug-likeness (QED) is 0.798. The van der Waals surface area contributed by atoms with Crippen molar-refractivity contribution >= 4 is 17.4 Å². The van der Waals surface area contributed by atoms with Crippen LogP contribution in [-0.2, 0) is 6.61 Å². The first-order valence-corrected chi connectivity index (χ1v) is 6.47. The van der Waals surface area contributed by atoms with Gasteiger partial charge in [-0.25, -0.2) is 4.39 Å². The number of benzene rings is 1. The standard InChI is InChI=1S/C13H10FN3OS/c14-10-5-3-4-9(8-18)12(10)19-13-16-15-11-6-1-2-7-17(11)13/h1-7,18H,8H2. The fraction of sp³-hybridized carbons (Fsp3) is 0.0769. The van der Waals surface area contributed by atoms with Crippen LogP contribution in [0.3, 0.4) is 0 Å². The van der Waals surface area contributed by atoms with Gasteiger partial charge in [0.25, 0.3) is 0 Å². The van der Waals surface area contributed by atoms with Crippen molar-refractivity contribution in [1.29, 1.82) is 0 Å². The van der Waals surface area contributed by atoms with Gasteiger partial charge in [-0.15, -0.1) is 10.2 Å². The molecule has 2 heterocycles. The normalized spacial score (nSPS) is 11.1. The molecule has 3 rings (SSSR count). The van der Waals surface area contributed by atoms with Crippen LogP contribution in [0.4, 0.5) is 4.39 Å². The summed E-state index contributed by atoms with van der Waals surface area (Å²) in [5.41, 5.74) is 1.24. The Kier molecular flexibility index (Phi) is 3.18. The number of rotatable bonds is 3. The van der Waals surface area contributed by atoms with Crippen LogP contribution < -0.4 is 0 Å². The molecule has 0 radical (unpaired) electrons. The van der Waals surface area contributed by atoms with Crippen molar-refractivity contribution < 1.29 is 9.50 Å². The van der Waals surface area contributed by atoms with Crippen molar-refractivity contribution in [2.45, 2.75) is 16.7 Å². The number of pyridine rings is 1. The minimum atomic E-state index is -0.371. The molecule has 0 saturated heterocycles. The van der Waals surface area contributed by atoms with Gasteiger partial charge in [-0.3, -0.25) is 4.40 Å². The Bertz CT molecular complexity index is 729. The van der Waals surface area contributed by atoms with Crippen molar-refractivity contribution in [3.05, 3.63) is 54.0 Å². The van der Waals surface area contributed by atoms with E-state index >= 15 is 0 Å². The molecule has 0 bridgehead atoms. The fourth-order valence-electron chi connectivity index (χ4n) is 1.77. The lowest BCUT2D eigenvalue weighted by Crippen LogP contribution is -1.93. The van der Waals surface area contributed by atoms with E-state index in [0.29, 0.717) is 21.3 Å². The summed E-state index contributed by atoms with van der Waals surface area (Å²) in [6, 6.07) is 10.2. The van der Waals surface area contributed by atoms with Crippen LogP contribution in [-0.4, -0.2) is 19.7 Å². The van der Waals surface area contributed by atoms with Gasteiger partial charge in [-0.2, -0.15) is 0 Å². The van der Waals surface area contributed by atoms with Gasteiger partial charge < -0.3 is 5.11 Å². The highest BCUT2D eigenvalue weighted by atomic mass is 32.2. The molecule has 0 unspecified atom stereocenters. The maximum Gasteiger partial charge on any atom is 0.200 e. The number of fused-ring (bicyclic) bond motifs is 1. The lowest BCUT2D eigenvalue weighted by atomic mass is 10.2. The van der Waals surface area contributed by atoms with E-state index in [1.807, 2.05) is 24.4 Å². The van der Waals surface area contributed by atoms with Gasteiger partial charge in [0.2, 0.25) is 5.16 Å². The Balaban J connectivity index is 2.06. The van der Waals surface area contributed by atoms with E-state index in [1.54, 1.807) is 16.5 Å². The van der Waals surface area contributed by atoms with E-state index in [4.69, 9.17) is 0 Å². The second kappa shape index (κ2) is 4.99. The molecule has 1 aromatic carbocycles. The largest absolute Gasteiger partial charge is 0.392 e. The Morgan fingerprint density at radius 3 is 2.89 bits per heavy atom. The van der Waals surface area contributed by atoms with E-state index in [0.717, 1.165) is 11.8 Å². The Morgan fingerprint density at radius 1 is 1.16 bits per heavy atom. The second-order valence-electron chi connectivity index (χ2n) is 3.90. The minimum absolute atomic E-state index is 0.211. The van der Waals surface area contributed by atoms with E-state index in [2.05, 4.69) is 10.2 Å². The van der Waals surface area contributed by atoms with Crippen molar-refractivity contribution in [2.24, 2.45) is 0 Å². The second-order valence-corrected chi connectivity index (χ2v) is 4.88. The van der Waals surface area contributed by atoms with Crippen LogP contribution in [0, 0.1) is 5.82 Å². The number of halogens is 1. The number of hydrogen-bond donors (Lipinski definition) is 1. The predicted molar refractivity (Wildman–Crippen MR) is 69.4 cm³/mol. The average Bonchev–Trinajstić information content (AvgIpc) is 2.84. The third-order valence-electron chi connectivity index (χ3n) is 2.69. The highest BCUT2D eigenvalue weighted by Crippen LogP contribution is 2.31. The number of nitrogens with zero attached hydrogens (tertiary/aromatic N) is 3. The molecule has 0 aliphatic rings. The third-order valence-corrected chi connectivity index (χ3v) is 3.82. The van der Waals surface area contributed by atoms with E-state index in [9.17, 15) is 9.50 Å². The Labute approximate surface area is 112 Å². The van der Waals surface area contributed by atoms with Gasteiger partial charge in [0.05, 0.1) is 11.5 Å². The first-order chi connectivity index (χ1) is 9.29. The summed E-state index contributed by atoms with van der Waals surface area (Å²) >= 11 is 1.16. The summed E-state index contributed by atoms with van der Waals surface area (Å²) in [6.45, 7) is -0.211. The SMILES string of the molecule is OCc1cccc(F)c1Sc1nnc2ccccn12. The zero-order chi connectivity index (χ0) is 13.2. The molecule has 0 fully saturated rings. The zero-order valence-corrected chi connectivity index (χ0v) is 10.6. The van der Waals surface area contributed by atoms with Crippen LogP contribution in [0.2, 0.25) is 0 Å². The first-order valence-electron chi connectivity index (χ1n) is 5.65. The topological polar surface area (TPSA) is 50.4 Å². The predicted octanol–water partition coefficient (Wildman–Crippen LogP) is 2.51. The van der Waals surface area contributed by atoms with Gasteiger partial charge in [0.15, 0.2) is 5.65 Å².